The van der Waals surface area contributed by atoms with Crippen LogP contribution in [0.25, 0.3) is 6.08 Å². The Hall–Kier alpha value is -1.60. The Morgan fingerprint density at radius 3 is 2.38 bits per heavy atom. The number of nitrogens with zero attached hydrogens (tertiary/aromatic N) is 3. The molecule has 1 amide bonds. The number of aromatic nitrogens is 1. The average Bonchev–Trinajstić information content (AvgIpc) is 2.98. The summed E-state index contributed by atoms with van der Waals surface area (Å²) in [5, 5.41) is 0. The summed E-state index contributed by atoms with van der Waals surface area (Å²) in [6.45, 7) is 7.62. The number of hydrogen-bond acceptors (Lipinski definition) is 4. The monoisotopic (exact) mass is 421 g/mol. The lowest BCUT2D eigenvalue weighted by Crippen LogP contribution is -2.49. The molecule has 2 fully saturated rings. The predicted molar refractivity (Wildman–Crippen MR) is 118 cm³/mol. The topological polar surface area (TPSA) is 62.6 Å². The molecule has 2 heterocycles. The van der Waals surface area contributed by atoms with Crippen LogP contribution >= 0.6 is 0 Å². The van der Waals surface area contributed by atoms with E-state index in [9.17, 15) is 13.2 Å². The zero-order valence-corrected chi connectivity index (χ0v) is 18.9. The van der Waals surface area contributed by atoms with Gasteiger partial charge in [0.15, 0.2) is 0 Å². The standard InChI is InChI=1S/C22H35N3O3S/c1-18-17-20(19(2)25(18)21-7-5-4-6-8-21)9-10-22(26)24-13-11-23(12-14-24)15-16-29(3,27)28/h9-10,17,21H,4-8,11-16H2,1-3H3/b10-9+. The lowest BCUT2D eigenvalue weighted by molar-refractivity contribution is -0.127. The van der Waals surface area contributed by atoms with Crippen LogP contribution in [0.1, 0.15) is 55.1 Å². The van der Waals surface area contributed by atoms with Crippen LogP contribution in [0, 0.1) is 13.8 Å². The van der Waals surface area contributed by atoms with Crippen LogP contribution in [0.4, 0.5) is 0 Å². The zero-order valence-electron chi connectivity index (χ0n) is 18.1. The van der Waals surface area contributed by atoms with Crippen molar-refractivity contribution in [1.82, 2.24) is 14.4 Å². The third-order valence-corrected chi connectivity index (χ3v) is 7.26. The molecule has 1 saturated heterocycles. The summed E-state index contributed by atoms with van der Waals surface area (Å²) >= 11 is 0. The fourth-order valence-electron chi connectivity index (χ4n) is 4.63. The second kappa shape index (κ2) is 9.47. The normalized spacial score (nSPS) is 19.9. The molecule has 162 valence electrons. The molecule has 0 radical (unpaired) electrons. The third kappa shape index (κ3) is 5.95. The Morgan fingerprint density at radius 2 is 1.76 bits per heavy atom. The Balaban J connectivity index is 1.56. The van der Waals surface area contributed by atoms with Gasteiger partial charge in [0.25, 0.3) is 0 Å². The number of carbonyl (C=O) groups excluding carboxylic acids is 1. The second-order valence-corrected chi connectivity index (χ2v) is 10.9. The second-order valence-electron chi connectivity index (χ2n) is 8.62. The number of hydrogen-bond donors (Lipinski definition) is 0. The molecule has 2 aliphatic rings. The molecule has 7 heteroatoms. The van der Waals surface area contributed by atoms with E-state index in [0.29, 0.717) is 25.7 Å². The maximum Gasteiger partial charge on any atom is 0.246 e. The van der Waals surface area contributed by atoms with E-state index in [1.165, 1.54) is 49.7 Å². The number of sulfone groups is 1. The van der Waals surface area contributed by atoms with Crippen molar-refractivity contribution in [2.45, 2.75) is 52.0 Å². The molecule has 29 heavy (non-hydrogen) atoms. The van der Waals surface area contributed by atoms with E-state index in [1.807, 2.05) is 11.0 Å². The first-order chi connectivity index (χ1) is 13.7. The molecule has 1 aromatic rings. The molecule has 0 atom stereocenters. The number of amides is 1. The van der Waals surface area contributed by atoms with Gasteiger partial charge in [-0.25, -0.2) is 8.42 Å². The van der Waals surface area contributed by atoms with Crippen molar-refractivity contribution >= 4 is 21.8 Å². The van der Waals surface area contributed by atoms with Crippen LogP contribution in [0.2, 0.25) is 0 Å². The third-order valence-electron chi connectivity index (χ3n) is 6.33. The van der Waals surface area contributed by atoms with Crippen LogP contribution in [0.15, 0.2) is 12.1 Å². The summed E-state index contributed by atoms with van der Waals surface area (Å²) in [6, 6.07) is 2.79. The molecule has 0 aromatic carbocycles. The SMILES string of the molecule is Cc1cc(/C=C/C(=O)N2CCN(CCS(C)(=O)=O)CC2)c(C)n1C1CCCCC1. The molecular formula is C22H35N3O3S. The zero-order chi connectivity index (χ0) is 21.0. The van der Waals surface area contributed by atoms with Gasteiger partial charge in [-0.05, 0) is 44.4 Å². The number of piperazine rings is 1. The summed E-state index contributed by atoms with van der Waals surface area (Å²) in [6.07, 6.45) is 11.4. The number of aryl methyl sites for hydroxylation is 1. The Kier molecular flexibility index (Phi) is 7.22. The van der Waals surface area contributed by atoms with Gasteiger partial charge >= 0.3 is 0 Å². The molecule has 0 spiro atoms. The largest absolute Gasteiger partial charge is 0.346 e. The van der Waals surface area contributed by atoms with Crippen molar-refractivity contribution in [3.05, 3.63) is 29.1 Å². The summed E-state index contributed by atoms with van der Waals surface area (Å²) in [4.78, 5) is 16.6. The minimum atomic E-state index is -2.94. The van der Waals surface area contributed by atoms with E-state index in [2.05, 4.69) is 29.4 Å². The number of carbonyl (C=O) groups is 1. The first-order valence-corrected chi connectivity index (χ1v) is 12.9. The van der Waals surface area contributed by atoms with Gasteiger partial charge in [-0.15, -0.1) is 0 Å². The van der Waals surface area contributed by atoms with Crippen LogP contribution in [0.3, 0.4) is 0 Å². The van der Waals surface area contributed by atoms with E-state index in [-0.39, 0.29) is 11.7 Å². The van der Waals surface area contributed by atoms with Crippen molar-refractivity contribution in [3.8, 4) is 0 Å². The van der Waals surface area contributed by atoms with Crippen LogP contribution in [-0.4, -0.2) is 73.4 Å². The lowest BCUT2D eigenvalue weighted by atomic mass is 9.95. The molecule has 0 unspecified atom stereocenters. The van der Waals surface area contributed by atoms with Crippen molar-refractivity contribution in [2.75, 3.05) is 44.7 Å². The van der Waals surface area contributed by atoms with Crippen LogP contribution < -0.4 is 0 Å². The minimum Gasteiger partial charge on any atom is -0.346 e. The molecule has 1 aliphatic carbocycles. The first-order valence-electron chi connectivity index (χ1n) is 10.8. The predicted octanol–water partition coefficient (Wildman–Crippen LogP) is 2.81. The van der Waals surface area contributed by atoms with Crippen molar-refractivity contribution < 1.29 is 13.2 Å². The Morgan fingerprint density at radius 1 is 1.10 bits per heavy atom. The van der Waals surface area contributed by atoms with E-state index in [1.54, 1.807) is 6.08 Å². The number of rotatable bonds is 6. The summed E-state index contributed by atoms with van der Waals surface area (Å²) in [5.74, 6) is 0.215. The molecule has 0 bridgehead atoms. The van der Waals surface area contributed by atoms with Gasteiger partial charge in [0.05, 0.1) is 5.75 Å². The van der Waals surface area contributed by atoms with Gasteiger partial charge in [-0.1, -0.05) is 19.3 Å². The minimum absolute atomic E-state index is 0.0373. The Bertz CT molecular complexity index is 843. The quantitative estimate of drug-likeness (QED) is 0.663. The van der Waals surface area contributed by atoms with Gasteiger partial charge in [0.2, 0.25) is 5.91 Å². The summed E-state index contributed by atoms with van der Waals surface area (Å²) < 4.78 is 25.1. The molecule has 6 nitrogen and oxygen atoms in total. The van der Waals surface area contributed by atoms with Gasteiger partial charge in [0.1, 0.15) is 9.84 Å². The van der Waals surface area contributed by atoms with Gasteiger partial charge in [-0.3, -0.25) is 9.69 Å². The summed E-state index contributed by atoms with van der Waals surface area (Å²) in [7, 11) is -2.94. The summed E-state index contributed by atoms with van der Waals surface area (Å²) in [5.41, 5.74) is 3.67. The lowest BCUT2D eigenvalue weighted by Gasteiger charge is -2.34. The molecule has 0 N–H and O–H groups in total. The van der Waals surface area contributed by atoms with E-state index in [4.69, 9.17) is 0 Å². The maximum absolute atomic E-state index is 12.6. The van der Waals surface area contributed by atoms with Crippen LogP contribution in [0.5, 0.6) is 0 Å². The highest BCUT2D eigenvalue weighted by atomic mass is 32.2. The van der Waals surface area contributed by atoms with Crippen LogP contribution in [-0.2, 0) is 14.6 Å². The van der Waals surface area contributed by atoms with E-state index in [0.717, 1.165) is 18.7 Å². The van der Waals surface area contributed by atoms with Gasteiger partial charge < -0.3 is 9.47 Å². The first kappa shape index (κ1) is 22.1. The van der Waals surface area contributed by atoms with Gasteiger partial charge in [0, 0.05) is 62.5 Å². The molecule has 1 saturated carbocycles. The molecule has 1 aromatic heterocycles. The maximum atomic E-state index is 12.6. The van der Waals surface area contributed by atoms with E-state index >= 15 is 0 Å². The fraction of sp³-hybridized carbons (Fsp3) is 0.682. The molecule has 3 rings (SSSR count). The highest BCUT2D eigenvalue weighted by molar-refractivity contribution is 7.90. The highest BCUT2D eigenvalue weighted by Crippen LogP contribution is 2.32. The fourth-order valence-corrected chi connectivity index (χ4v) is 5.22. The smallest absolute Gasteiger partial charge is 0.246 e. The van der Waals surface area contributed by atoms with E-state index < -0.39 is 9.84 Å². The Labute approximate surface area is 175 Å². The average molecular weight is 422 g/mol. The highest BCUT2D eigenvalue weighted by Gasteiger charge is 2.21. The van der Waals surface area contributed by atoms with Crippen molar-refractivity contribution in [3.63, 3.8) is 0 Å². The molecular weight excluding hydrogens is 386 g/mol. The van der Waals surface area contributed by atoms with Crippen molar-refractivity contribution in [1.29, 1.82) is 0 Å². The molecule has 1 aliphatic heterocycles. The van der Waals surface area contributed by atoms with Crippen molar-refractivity contribution in [2.24, 2.45) is 0 Å². The van der Waals surface area contributed by atoms with Gasteiger partial charge in [-0.2, -0.15) is 0 Å².